The molecule has 1 atom stereocenters. The van der Waals surface area contributed by atoms with E-state index in [2.05, 4.69) is 0 Å². The number of halogens is 2. The van der Waals surface area contributed by atoms with Gasteiger partial charge in [0.1, 0.15) is 11.9 Å². The molecule has 1 aliphatic heterocycles. The first-order valence-corrected chi connectivity index (χ1v) is 5.32. The first-order chi connectivity index (χ1) is 5.40. The lowest BCUT2D eigenvalue weighted by atomic mass is 10.1. The Morgan fingerprint density at radius 1 is 1.50 bits per heavy atom. The molecule has 72 valence electrons. The SMILES string of the molecule is O=S1(=O)CCCC1C(F)(F)CO. The lowest BCUT2D eigenvalue weighted by Gasteiger charge is -2.19. The van der Waals surface area contributed by atoms with E-state index in [-0.39, 0.29) is 18.6 Å². The average Bonchev–Trinajstić information content (AvgIpc) is 2.30. The molecule has 0 aromatic heterocycles. The van der Waals surface area contributed by atoms with Gasteiger partial charge in [-0.3, -0.25) is 0 Å². The summed E-state index contributed by atoms with van der Waals surface area (Å²) in [6.07, 6.45) is 0.221. The van der Waals surface area contributed by atoms with E-state index >= 15 is 0 Å². The summed E-state index contributed by atoms with van der Waals surface area (Å²) < 4.78 is 47.4. The summed E-state index contributed by atoms with van der Waals surface area (Å²) in [7, 11) is -3.67. The Labute approximate surface area is 69.3 Å². The smallest absolute Gasteiger partial charge is 0.287 e. The van der Waals surface area contributed by atoms with Crippen molar-refractivity contribution in [1.82, 2.24) is 0 Å². The van der Waals surface area contributed by atoms with Crippen molar-refractivity contribution in [2.24, 2.45) is 0 Å². The highest BCUT2D eigenvalue weighted by Crippen LogP contribution is 2.33. The molecule has 1 heterocycles. The number of aliphatic hydroxyl groups is 1. The van der Waals surface area contributed by atoms with E-state index in [9.17, 15) is 17.2 Å². The summed E-state index contributed by atoms with van der Waals surface area (Å²) in [6.45, 7) is -1.39. The topological polar surface area (TPSA) is 54.4 Å². The van der Waals surface area contributed by atoms with Crippen LogP contribution in [0.2, 0.25) is 0 Å². The second-order valence-electron chi connectivity index (χ2n) is 2.92. The Balaban J connectivity index is 2.90. The maximum absolute atomic E-state index is 12.7. The van der Waals surface area contributed by atoms with Crippen LogP contribution in [0.15, 0.2) is 0 Å². The van der Waals surface area contributed by atoms with Crippen LogP contribution < -0.4 is 0 Å². The maximum atomic E-state index is 12.7. The highest BCUT2D eigenvalue weighted by Gasteiger charge is 2.49. The number of alkyl halides is 2. The predicted molar refractivity (Wildman–Crippen MR) is 38.8 cm³/mol. The standard InChI is InChI=1S/C6H10F2O3S/c7-6(8,4-9)5-2-1-3-12(5,10)11/h5,9H,1-4H2. The van der Waals surface area contributed by atoms with Gasteiger partial charge in [0.2, 0.25) is 0 Å². The second-order valence-corrected chi connectivity index (χ2v) is 5.22. The minimum Gasteiger partial charge on any atom is -0.390 e. The molecule has 1 rings (SSSR count). The molecular formula is C6H10F2O3S. The molecule has 0 radical (unpaired) electrons. The number of hydrogen-bond donors (Lipinski definition) is 1. The van der Waals surface area contributed by atoms with E-state index in [4.69, 9.17) is 5.11 Å². The van der Waals surface area contributed by atoms with Gasteiger partial charge in [0, 0.05) is 0 Å². The highest BCUT2D eigenvalue weighted by molar-refractivity contribution is 7.92. The van der Waals surface area contributed by atoms with Crippen LogP contribution in [0.25, 0.3) is 0 Å². The van der Waals surface area contributed by atoms with Crippen LogP contribution in [-0.2, 0) is 9.84 Å². The number of aliphatic hydroxyl groups excluding tert-OH is 1. The second kappa shape index (κ2) is 2.92. The summed E-state index contributed by atoms with van der Waals surface area (Å²) in [4.78, 5) is 0. The van der Waals surface area contributed by atoms with Gasteiger partial charge in [0.15, 0.2) is 9.84 Å². The summed E-state index contributed by atoms with van der Waals surface area (Å²) in [5.74, 6) is -3.66. The Morgan fingerprint density at radius 2 is 2.08 bits per heavy atom. The predicted octanol–water partition coefficient (Wildman–Crippen LogP) is 0.191. The molecule has 1 unspecified atom stereocenters. The third-order valence-electron chi connectivity index (χ3n) is 2.01. The Bertz CT molecular complexity index is 260. The van der Waals surface area contributed by atoms with Gasteiger partial charge >= 0.3 is 0 Å². The highest BCUT2D eigenvalue weighted by atomic mass is 32.2. The third-order valence-corrected chi connectivity index (χ3v) is 4.32. The van der Waals surface area contributed by atoms with Crippen molar-refractivity contribution < 1.29 is 22.3 Å². The molecule has 0 saturated carbocycles. The monoisotopic (exact) mass is 200 g/mol. The first-order valence-electron chi connectivity index (χ1n) is 3.60. The normalized spacial score (nSPS) is 29.1. The lowest BCUT2D eigenvalue weighted by molar-refractivity contribution is -0.0524. The molecule has 0 aromatic carbocycles. The minimum absolute atomic E-state index is 0.0457. The van der Waals surface area contributed by atoms with E-state index in [1.807, 2.05) is 0 Å². The molecule has 0 spiro atoms. The Hall–Kier alpha value is -0.230. The quantitative estimate of drug-likeness (QED) is 0.692. The summed E-state index contributed by atoms with van der Waals surface area (Å²) >= 11 is 0. The van der Waals surface area contributed by atoms with Gasteiger partial charge in [-0.05, 0) is 12.8 Å². The van der Waals surface area contributed by atoms with Gasteiger partial charge in [0.25, 0.3) is 5.92 Å². The molecule has 6 heteroatoms. The van der Waals surface area contributed by atoms with Crippen molar-refractivity contribution >= 4 is 9.84 Å². The van der Waals surface area contributed by atoms with E-state index < -0.39 is 27.6 Å². The number of sulfone groups is 1. The van der Waals surface area contributed by atoms with Crippen molar-refractivity contribution in [3.8, 4) is 0 Å². The molecule has 0 amide bonds. The van der Waals surface area contributed by atoms with Gasteiger partial charge in [-0.2, -0.15) is 0 Å². The van der Waals surface area contributed by atoms with E-state index in [1.165, 1.54) is 0 Å². The van der Waals surface area contributed by atoms with Crippen molar-refractivity contribution in [1.29, 1.82) is 0 Å². The Morgan fingerprint density at radius 3 is 2.42 bits per heavy atom. The molecule has 3 nitrogen and oxygen atoms in total. The van der Waals surface area contributed by atoms with Crippen LogP contribution >= 0.6 is 0 Å². The minimum atomic E-state index is -3.67. The maximum Gasteiger partial charge on any atom is 0.287 e. The zero-order valence-electron chi connectivity index (χ0n) is 6.33. The molecule has 1 aliphatic rings. The molecule has 1 N–H and O–H groups in total. The molecule has 0 aliphatic carbocycles. The summed E-state index contributed by atoms with van der Waals surface area (Å²) in [6, 6.07) is 0. The van der Waals surface area contributed by atoms with Gasteiger partial charge in [-0.15, -0.1) is 0 Å². The molecule has 1 fully saturated rings. The fraction of sp³-hybridized carbons (Fsp3) is 1.00. The van der Waals surface area contributed by atoms with Gasteiger partial charge < -0.3 is 5.11 Å². The largest absolute Gasteiger partial charge is 0.390 e. The van der Waals surface area contributed by atoms with Gasteiger partial charge in [0.05, 0.1) is 5.75 Å². The van der Waals surface area contributed by atoms with Gasteiger partial charge in [-0.1, -0.05) is 0 Å². The summed E-state index contributed by atoms with van der Waals surface area (Å²) in [5.41, 5.74) is 0. The van der Waals surface area contributed by atoms with Crippen molar-refractivity contribution in [2.75, 3.05) is 12.4 Å². The number of rotatable bonds is 2. The van der Waals surface area contributed by atoms with E-state index in [1.54, 1.807) is 0 Å². The third kappa shape index (κ3) is 1.59. The van der Waals surface area contributed by atoms with E-state index in [0.717, 1.165) is 0 Å². The lowest BCUT2D eigenvalue weighted by Crippen LogP contribution is -2.40. The average molecular weight is 200 g/mol. The molecule has 0 aromatic rings. The number of hydrogen-bond acceptors (Lipinski definition) is 3. The fourth-order valence-corrected chi connectivity index (χ4v) is 3.35. The first kappa shape index (κ1) is 9.85. The van der Waals surface area contributed by atoms with Crippen molar-refractivity contribution in [3.63, 3.8) is 0 Å². The van der Waals surface area contributed by atoms with E-state index in [0.29, 0.717) is 0 Å². The van der Waals surface area contributed by atoms with Crippen LogP contribution in [0.3, 0.4) is 0 Å². The van der Waals surface area contributed by atoms with Gasteiger partial charge in [-0.25, -0.2) is 17.2 Å². The molecule has 0 bridgehead atoms. The van der Waals surface area contributed by atoms with Crippen molar-refractivity contribution in [2.45, 2.75) is 24.0 Å². The Kier molecular flexibility index (Phi) is 2.40. The molecular weight excluding hydrogens is 190 g/mol. The zero-order valence-corrected chi connectivity index (χ0v) is 7.15. The van der Waals surface area contributed by atoms with Crippen LogP contribution in [0.4, 0.5) is 8.78 Å². The van der Waals surface area contributed by atoms with Crippen LogP contribution in [0.5, 0.6) is 0 Å². The van der Waals surface area contributed by atoms with Crippen molar-refractivity contribution in [3.05, 3.63) is 0 Å². The summed E-state index contributed by atoms with van der Waals surface area (Å²) in [5, 5.41) is 6.60. The molecule has 1 saturated heterocycles. The fourth-order valence-electron chi connectivity index (χ4n) is 1.37. The molecule has 12 heavy (non-hydrogen) atoms. The zero-order chi connectivity index (χ0) is 9.41. The van der Waals surface area contributed by atoms with Crippen LogP contribution in [-0.4, -0.2) is 37.1 Å². The van der Waals surface area contributed by atoms with Crippen LogP contribution in [0.1, 0.15) is 12.8 Å². The van der Waals surface area contributed by atoms with Crippen LogP contribution in [0, 0.1) is 0 Å².